The van der Waals surface area contributed by atoms with Crippen LogP contribution in [0.4, 0.5) is 0 Å². The number of aromatic nitrogens is 4. The Hall–Kier alpha value is -1.46. The molecule has 2 aromatic rings. The first-order valence-electron chi connectivity index (χ1n) is 4.47. The lowest BCUT2D eigenvalue weighted by Crippen LogP contribution is -2.04. The summed E-state index contributed by atoms with van der Waals surface area (Å²) in [5.41, 5.74) is 1.09. The van der Waals surface area contributed by atoms with Gasteiger partial charge in [-0.05, 0) is 19.2 Å². The van der Waals surface area contributed by atoms with E-state index in [0.29, 0.717) is 11.0 Å². The van der Waals surface area contributed by atoms with Crippen LogP contribution in [0.15, 0.2) is 24.5 Å². The van der Waals surface area contributed by atoms with Crippen molar-refractivity contribution >= 4 is 11.6 Å². The molecule has 0 saturated heterocycles. The summed E-state index contributed by atoms with van der Waals surface area (Å²) in [6, 6.07) is 3.45. The van der Waals surface area contributed by atoms with Crippen LogP contribution < -0.4 is 5.32 Å². The second-order valence-corrected chi connectivity index (χ2v) is 3.42. The first kappa shape index (κ1) is 10.1. The average Bonchev–Trinajstić information content (AvgIpc) is 2.68. The molecular formula is C9H10ClN5. The summed E-state index contributed by atoms with van der Waals surface area (Å²) in [6.07, 6.45) is 3.68. The van der Waals surface area contributed by atoms with Gasteiger partial charge >= 0.3 is 0 Å². The van der Waals surface area contributed by atoms with Crippen molar-refractivity contribution in [3.8, 4) is 5.82 Å². The third-order valence-corrected chi connectivity index (χ3v) is 2.07. The monoisotopic (exact) mass is 223 g/mol. The lowest BCUT2D eigenvalue weighted by Gasteiger charge is -1.97. The number of hydrogen-bond donors (Lipinski definition) is 1. The number of nitrogens with one attached hydrogen (secondary N) is 1. The highest BCUT2D eigenvalue weighted by molar-refractivity contribution is 6.29. The van der Waals surface area contributed by atoms with E-state index in [0.717, 1.165) is 12.1 Å². The molecule has 6 heteroatoms. The quantitative estimate of drug-likeness (QED) is 0.845. The van der Waals surface area contributed by atoms with Gasteiger partial charge in [-0.15, -0.1) is 10.2 Å². The Bertz CT molecular complexity index is 436. The molecule has 0 aliphatic carbocycles. The molecule has 5 nitrogen and oxygen atoms in total. The van der Waals surface area contributed by atoms with Gasteiger partial charge in [-0.3, -0.25) is 0 Å². The first-order chi connectivity index (χ1) is 7.29. The fourth-order valence-corrected chi connectivity index (χ4v) is 1.31. The van der Waals surface area contributed by atoms with E-state index in [1.807, 2.05) is 13.2 Å². The molecule has 0 amide bonds. The Labute approximate surface area is 92.1 Å². The SMILES string of the molecule is CNCc1cnn(-c2ccc(Cl)nn2)c1. The summed E-state index contributed by atoms with van der Waals surface area (Å²) in [6.45, 7) is 0.779. The highest BCUT2D eigenvalue weighted by atomic mass is 35.5. The molecule has 0 aliphatic rings. The molecule has 0 aliphatic heterocycles. The minimum absolute atomic E-state index is 0.376. The number of hydrogen-bond acceptors (Lipinski definition) is 4. The van der Waals surface area contributed by atoms with E-state index in [4.69, 9.17) is 11.6 Å². The molecule has 0 aromatic carbocycles. The zero-order chi connectivity index (χ0) is 10.7. The van der Waals surface area contributed by atoms with Crippen LogP contribution in [0.1, 0.15) is 5.56 Å². The third kappa shape index (κ3) is 2.31. The largest absolute Gasteiger partial charge is 0.316 e. The van der Waals surface area contributed by atoms with Gasteiger partial charge < -0.3 is 5.32 Å². The van der Waals surface area contributed by atoms with Crippen molar-refractivity contribution in [1.29, 1.82) is 0 Å². The Kier molecular flexibility index (Phi) is 2.94. The fourth-order valence-electron chi connectivity index (χ4n) is 1.21. The van der Waals surface area contributed by atoms with Gasteiger partial charge in [0.1, 0.15) is 0 Å². The van der Waals surface area contributed by atoms with Crippen LogP contribution in [0.25, 0.3) is 5.82 Å². The average molecular weight is 224 g/mol. The van der Waals surface area contributed by atoms with Crippen LogP contribution in [-0.2, 0) is 6.54 Å². The van der Waals surface area contributed by atoms with E-state index < -0.39 is 0 Å². The van der Waals surface area contributed by atoms with Gasteiger partial charge in [0.05, 0.1) is 6.20 Å². The first-order valence-corrected chi connectivity index (χ1v) is 4.85. The van der Waals surface area contributed by atoms with Crippen molar-refractivity contribution in [1.82, 2.24) is 25.3 Å². The summed E-state index contributed by atoms with van der Waals surface area (Å²) in [5.74, 6) is 0.654. The molecule has 1 N–H and O–H groups in total. The molecule has 0 radical (unpaired) electrons. The molecule has 0 saturated carbocycles. The van der Waals surface area contributed by atoms with E-state index in [2.05, 4.69) is 20.6 Å². The van der Waals surface area contributed by atoms with Gasteiger partial charge in [0.2, 0.25) is 0 Å². The van der Waals surface area contributed by atoms with Crippen molar-refractivity contribution in [3.05, 3.63) is 35.2 Å². The molecule has 0 bridgehead atoms. The maximum Gasteiger partial charge on any atom is 0.175 e. The van der Waals surface area contributed by atoms with Crippen molar-refractivity contribution in [2.45, 2.75) is 6.54 Å². The predicted molar refractivity (Wildman–Crippen MR) is 56.9 cm³/mol. The van der Waals surface area contributed by atoms with Crippen LogP contribution in [0.3, 0.4) is 0 Å². The van der Waals surface area contributed by atoms with Gasteiger partial charge in [0, 0.05) is 18.3 Å². The van der Waals surface area contributed by atoms with Gasteiger partial charge in [0.25, 0.3) is 0 Å². The standard InChI is InChI=1S/C9H10ClN5/c1-11-4-7-5-12-15(6-7)9-3-2-8(10)13-14-9/h2-3,5-6,11H,4H2,1H3. The summed E-state index contributed by atoms with van der Waals surface area (Å²) in [5, 5.41) is 15.3. The van der Waals surface area contributed by atoms with Gasteiger partial charge in [0.15, 0.2) is 11.0 Å². The van der Waals surface area contributed by atoms with Crippen LogP contribution in [0, 0.1) is 0 Å². The number of rotatable bonds is 3. The summed E-state index contributed by atoms with van der Waals surface area (Å²) >= 11 is 5.64. The van der Waals surface area contributed by atoms with E-state index in [1.165, 1.54) is 0 Å². The van der Waals surface area contributed by atoms with E-state index >= 15 is 0 Å². The van der Waals surface area contributed by atoms with Crippen molar-refractivity contribution < 1.29 is 0 Å². The van der Waals surface area contributed by atoms with Gasteiger partial charge in [-0.2, -0.15) is 5.10 Å². The molecule has 2 heterocycles. The maximum atomic E-state index is 5.64. The van der Waals surface area contributed by atoms with Crippen LogP contribution >= 0.6 is 11.6 Å². The predicted octanol–water partition coefficient (Wildman–Crippen LogP) is 1.04. The van der Waals surface area contributed by atoms with Crippen LogP contribution in [0.2, 0.25) is 5.15 Å². The summed E-state index contributed by atoms with van der Waals surface area (Å²) < 4.78 is 1.66. The van der Waals surface area contributed by atoms with Gasteiger partial charge in [-0.25, -0.2) is 4.68 Å². The molecule has 0 unspecified atom stereocenters. The van der Waals surface area contributed by atoms with Crippen LogP contribution in [0.5, 0.6) is 0 Å². The van der Waals surface area contributed by atoms with Crippen molar-refractivity contribution in [2.75, 3.05) is 7.05 Å². The Morgan fingerprint density at radius 2 is 2.27 bits per heavy atom. The highest BCUT2D eigenvalue weighted by Gasteiger charge is 2.01. The zero-order valence-corrected chi connectivity index (χ0v) is 8.94. The Morgan fingerprint density at radius 1 is 1.40 bits per heavy atom. The number of halogens is 1. The lowest BCUT2D eigenvalue weighted by molar-refractivity contribution is 0.804. The lowest BCUT2D eigenvalue weighted by atomic mass is 10.4. The van der Waals surface area contributed by atoms with E-state index in [9.17, 15) is 0 Å². The van der Waals surface area contributed by atoms with E-state index in [1.54, 1.807) is 23.0 Å². The zero-order valence-electron chi connectivity index (χ0n) is 8.18. The third-order valence-electron chi connectivity index (χ3n) is 1.87. The Morgan fingerprint density at radius 3 is 2.93 bits per heavy atom. The second kappa shape index (κ2) is 4.37. The number of nitrogens with zero attached hydrogens (tertiary/aromatic N) is 4. The maximum absolute atomic E-state index is 5.64. The molecule has 0 fully saturated rings. The van der Waals surface area contributed by atoms with Gasteiger partial charge in [-0.1, -0.05) is 11.6 Å². The molecule has 0 spiro atoms. The topological polar surface area (TPSA) is 55.6 Å². The van der Waals surface area contributed by atoms with Crippen molar-refractivity contribution in [3.63, 3.8) is 0 Å². The minimum atomic E-state index is 0.376. The molecule has 78 valence electrons. The molecule has 2 rings (SSSR count). The Balaban J connectivity index is 2.25. The van der Waals surface area contributed by atoms with E-state index in [-0.39, 0.29) is 0 Å². The van der Waals surface area contributed by atoms with Crippen LogP contribution in [-0.4, -0.2) is 27.0 Å². The molecular weight excluding hydrogens is 214 g/mol. The normalized spacial score (nSPS) is 10.5. The minimum Gasteiger partial charge on any atom is -0.316 e. The summed E-state index contributed by atoms with van der Waals surface area (Å²) in [7, 11) is 1.89. The molecule has 2 aromatic heterocycles. The smallest absolute Gasteiger partial charge is 0.175 e. The second-order valence-electron chi connectivity index (χ2n) is 3.04. The molecule has 0 atom stereocenters. The molecule has 15 heavy (non-hydrogen) atoms. The fraction of sp³-hybridized carbons (Fsp3) is 0.222. The summed E-state index contributed by atoms with van der Waals surface area (Å²) in [4.78, 5) is 0. The highest BCUT2D eigenvalue weighted by Crippen LogP contribution is 2.07. The van der Waals surface area contributed by atoms with Crippen molar-refractivity contribution in [2.24, 2.45) is 0 Å².